The Labute approximate surface area is 132 Å². The summed E-state index contributed by atoms with van der Waals surface area (Å²) in [5.74, 6) is -0.355. The highest BCUT2D eigenvalue weighted by atomic mass is 16.6. The van der Waals surface area contributed by atoms with Crippen LogP contribution in [0.4, 0.5) is 5.69 Å². The summed E-state index contributed by atoms with van der Waals surface area (Å²) >= 11 is 0. The van der Waals surface area contributed by atoms with Gasteiger partial charge in [0.05, 0.1) is 7.11 Å². The smallest absolute Gasteiger partial charge is 0.268 e. The van der Waals surface area contributed by atoms with E-state index < -0.39 is 23.0 Å². The van der Waals surface area contributed by atoms with Crippen molar-refractivity contribution in [2.24, 2.45) is 0 Å². The number of hydrogen-bond donors (Lipinski definition) is 2. The van der Waals surface area contributed by atoms with E-state index in [1.54, 1.807) is 30.3 Å². The van der Waals surface area contributed by atoms with Crippen LogP contribution in [-0.2, 0) is 10.4 Å². The molecule has 0 aliphatic rings. The quantitative estimate of drug-likeness (QED) is 0.625. The first-order valence-electron chi connectivity index (χ1n) is 6.81. The zero-order valence-corrected chi connectivity index (χ0v) is 12.4. The summed E-state index contributed by atoms with van der Waals surface area (Å²) in [5, 5.41) is 24.1. The largest absolute Gasteiger partial charge is 0.497 e. The van der Waals surface area contributed by atoms with Crippen molar-refractivity contribution in [3.8, 4) is 5.75 Å². The fraction of sp³-hybridized carbons (Fsp3) is 0.188. The van der Waals surface area contributed by atoms with Gasteiger partial charge in [0.1, 0.15) is 5.75 Å². The summed E-state index contributed by atoms with van der Waals surface area (Å²) < 4.78 is 5.00. The Hall–Kier alpha value is -2.93. The predicted octanol–water partition coefficient (Wildman–Crippen LogP) is 1.80. The van der Waals surface area contributed by atoms with Crippen LogP contribution in [-0.4, -0.2) is 29.6 Å². The number of carbonyl (C=O) groups is 1. The van der Waals surface area contributed by atoms with E-state index in [4.69, 9.17) is 4.74 Å². The van der Waals surface area contributed by atoms with Gasteiger partial charge in [-0.25, -0.2) is 0 Å². The number of anilines is 1. The monoisotopic (exact) mass is 316 g/mol. The number of nitrogens with zero attached hydrogens (tertiary/aromatic N) is 1. The Balaban J connectivity index is 2.33. The lowest BCUT2D eigenvalue weighted by molar-refractivity contribution is -0.498. The molecule has 0 heterocycles. The van der Waals surface area contributed by atoms with Crippen molar-refractivity contribution in [1.82, 2.24) is 0 Å². The molecule has 120 valence electrons. The molecule has 0 aliphatic heterocycles. The van der Waals surface area contributed by atoms with Crippen LogP contribution in [0, 0.1) is 10.1 Å². The van der Waals surface area contributed by atoms with E-state index >= 15 is 0 Å². The van der Waals surface area contributed by atoms with Crippen molar-refractivity contribution >= 4 is 11.6 Å². The number of benzene rings is 2. The van der Waals surface area contributed by atoms with E-state index in [2.05, 4.69) is 5.32 Å². The van der Waals surface area contributed by atoms with Gasteiger partial charge in [-0.1, -0.05) is 30.3 Å². The zero-order valence-electron chi connectivity index (χ0n) is 12.4. The molecular weight excluding hydrogens is 300 g/mol. The predicted molar refractivity (Wildman–Crippen MR) is 83.8 cm³/mol. The van der Waals surface area contributed by atoms with Gasteiger partial charge in [-0.3, -0.25) is 14.9 Å². The second-order valence-electron chi connectivity index (χ2n) is 4.90. The molecule has 0 aromatic heterocycles. The molecule has 0 radical (unpaired) electrons. The number of nitro groups is 1. The van der Waals surface area contributed by atoms with Gasteiger partial charge in [0.15, 0.2) is 0 Å². The van der Waals surface area contributed by atoms with Gasteiger partial charge < -0.3 is 15.2 Å². The van der Waals surface area contributed by atoms with Crippen molar-refractivity contribution in [2.45, 2.75) is 5.60 Å². The molecule has 0 saturated heterocycles. The van der Waals surface area contributed by atoms with E-state index in [0.29, 0.717) is 11.4 Å². The number of para-hydroxylation sites is 1. The third-order valence-electron chi connectivity index (χ3n) is 3.33. The maximum absolute atomic E-state index is 12.4. The van der Waals surface area contributed by atoms with Crippen molar-refractivity contribution < 1.29 is 19.6 Å². The van der Waals surface area contributed by atoms with Crippen LogP contribution in [0.5, 0.6) is 5.75 Å². The molecule has 1 atom stereocenters. The average Bonchev–Trinajstić information content (AvgIpc) is 2.55. The van der Waals surface area contributed by atoms with Gasteiger partial charge in [-0.15, -0.1) is 0 Å². The second kappa shape index (κ2) is 6.89. The maximum atomic E-state index is 12.4. The molecule has 7 nitrogen and oxygen atoms in total. The summed E-state index contributed by atoms with van der Waals surface area (Å²) in [6, 6.07) is 14.3. The number of hydrogen-bond acceptors (Lipinski definition) is 5. The number of aliphatic hydroxyl groups is 1. The molecule has 0 bridgehead atoms. The van der Waals surface area contributed by atoms with Gasteiger partial charge in [-0.05, 0) is 24.3 Å². The summed E-state index contributed by atoms with van der Waals surface area (Å²) in [4.78, 5) is 22.6. The van der Waals surface area contributed by atoms with E-state index in [0.717, 1.165) is 0 Å². The van der Waals surface area contributed by atoms with Crippen molar-refractivity contribution in [1.29, 1.82) is 0 Å². The third kappa shape index (κ3) is 3.83. The molecule has 0 saturated carbocycles. The fourth-order valence-electron chi connectivity index (χ4n) is 2.10. The van der Waals surface area contributed by atoms with Crippen LogP contribution in [0.3, 0.4) is 0 Å². The second-order valence-corrected chi connectivity index (χ2v) is 4.90. The molecule has 0 spiro atoms. The lowest BCUT2D eigenvalue weighted by atomic mass is 9.92. The number of amides is 1. The van der Waals surface area contributed by atoms with Crippen LogP contribution in [0.15, 0.2) is 54.6 Å². The number of carbonyl (C=O) groups excluding carboxylic acids is 1. The summed E-state index contributed by atoms with van der Waals surface area (Å²) in [5.41, 5.74) is -1.73. The van der Waals surface area contributed by atoms with Gasteiger partial charge in [0.25, 0.3) is 5.91 Å². The molecule has 2 aromatic carbocycles. The van der Waals surface area contributed by atoms with Crippen molar-refractivity contribution in [3.63, 3.8) is 0 Å². The standard InChI is InChI=1S/C16H16N2O5/c1-23-14-9-7-12(8-10-14)16(20,11-18(21)22)15(19)17-13-5-3-2-4-6-13/h2-10,20H,11H2,1H3,(H,17,19). The van der Waals surface area contributed by atoms with Crippen molar-refractivity contribution in [3.05, 3.63) is 70.3 Å². The Bertz CT molecular complexity index is 687. The summed E-state index contributed by atoms with van der Waals surface area (Å²) in [6.45, 7) is -0.946. The Morgan fingerprint density at radius 2 is 1.83 bits per heavy atom. The van der Waals surface area contributed by atoms with E-state index in [1.807, 2.05) is 0 Å². The number of nitrogens with one attached hydrogen (secondary N) is 1. The van der Waals surface area contributed by atoms with Gasteiger partial charge in [-0.2, -0.15) is 0 Å². The summed E-state index contributed by atoms with van der Waals surface area (Å²) in [7, 11) is 1.47. The molecular formula is C16H16N2O5. The fourth-order valence-corrected chi connectivity index (χ4v) is 2.10. The average molecular weight is 316 g/mol. The molecule has 23 heavy (non-hydrogen) atoms. The minimum Gasteiger partial charge on any atom is -0.497 e. The number of methoxy groups -OCH3 is 1. The van der Waals surface area contributed by atoms with E-state index in [-0.39, 0.29) is 5.56 Å². The minimum absolute atomic E-state index is 0.114. The third-order valence-corrected chi connectivity index (χ3v) is 3.33. The SMILES string of the molecule is COc1ccc(C(O)(C[N+](=O)[O-])C(=O)Nc2ccccc2)cc1. The van der Waals surface area contributed by atoms with Crippen LogP contribution in [0.1, 0.15) is 5.56 Å². The Morgan fingerprint density at radius 1 is 1.22 bits per heavy atom. The molecule has 1 amide bonds. The van der Waals surface area contributed by atoms with E-state index in [9.17, 15) is 20.0 Å². The van der Waals surface area contributed by atoms with Crippen molar-refractivity contribution in [2.75, 3.05) is 19.0 Å². The molecule has 2 aromatic rings. The first kappa shape index (κ1) is 16.4. The van der Waals surface area contributed by atoms with Gasteiger partial charge >= 0.3 is 0 Å². The first-order chi connectivity index (χ1) is 11.0. The highest BCUT2D eigenvalue weighted by Crippen LogP contribution is 2.26. The van der Waals surface area contributed by atoms with Gasteiger partial charge in [0.2, 0.25) is 12.1 Å². The molecule has 0 fully saturated rings. The topological polar surface area (TPSA) is 102 Å². The summed E-state index contributed by atoms with van der Waals surface area (Å²) in [6.07, 6.45) is 0. The van der Waals surface area contributed by atoms with Crippen LogP contribution in [0.25, 0.3) is 0 Å². The molecule has 0 aliphatic carbocycles. The minimum atomic E-state index is -2.29. The maximum Gasteiger partial charge on any atom is 0.268 e. The number of rotatable bonds is 6. The molecule has 7 heteroatoms. The highest BCUT2D eigenvalue weighted by molar-refractivity contribution is 5.97. The highest BCUT2D eigenvalue weighted by Gasteiger charge is 2.43. The van der Waals surface area contributed by atoms with Crippen LogP contribution >= 0.6 is 0 Å². The Morgan fingerprint density at radius 3 is 2.35 bits per heavy atom. The lowest BCUT2D eigenvalue weighted by Crippen LogP contribution is -2.45. The zero-order chi connectivity index (χ0) is 16.9. The van der Waals surface area contributed by atoms with Crippen LogP contribution in [0.2, 0.25) is 0 Å². The van der Waals surface area contributed by atoms with Gasteiger partial charge in [0, 0.05) is 16.2 Å². The molecule has 2 rings (SSSR count). The molecule has 1 unspecified atom stereocenters. The van der Waals surface area contributed by atoms with E-state index in [1.165, 1.54) is 31.4 Å². The normalized spacial score (nSPS) is 13.0. The lowest BCUT2D eigenvalue weighted by Gasteiger charge is -2.23. The molecule has 2 N–H and O–H groups in total. The Kier molecular flexibility index (Phi) is 4.92. The van der Waals surface area contributed by atoms with Crippen LogP contribution < -0.4 is 10.1 Å². The number of ether oxygens (including phenoxy) is 1. The first-order valence-corrected chi connectivity index (χ1v) is 6.81.